The van der Waals surface area contributed by atoms with Crippen molar-refractivity contribution in [2.45, 2.75) is 32.6 Å². The lowest BCUT2D eigenvalue weighted by atomic mass is 9.91. The average molecular weight is 208 g/mol. The topological polar surface area (TPSA) is 15.3 Å². The quantitative estimate of drug-likeness (QED) is 0.675. The lowest BCUT2D eigenvalue weighted by molar-refractivity contribution is 0.393. The molecule has 0 saturated carbocycles. The SMILES string of the molecule is CCC1C=CNC=C1CCCCN(C)C. The van der Waals surface area contributed by atoms with Gasteiger partial charge in [-0.05, 0) is 58.1 Å². The lowest BCUT2D eigenvalue weighted by Crippen LogP contribution is -2.14. The number of hydrogen-bond donors (Lipinski definition) is 1. The van der Waals surface area contributed by atoms with Gasteiger partial charge in [0, 0.05) is 12.1 Å². The van der Waals surface area contributed by atoms with Crippen LogP contribution in [0.25, 0.3) is 0 Å². The highest BCUT2D eigenvalue weighted by atomic mass is 15.0. The molecular formula is C13H24N2. The Labute approximate surface area is 94.0 Å². The minimum absolute atomic E-state index is 0.672. The summed E-state index contributed by atoms with van der Waals surface area (Å²) < 4.78 is 0. The van der Waals surface area contributed by atoms with E-state index in [1.807, 2.05) is 0 Å². The molecule has 0 aromatic carbocycles. The molecule has 0 radical (unpaired) electrons. The van der Waals surface area contributed by atoms with Gasteiger partial charge in [-0.2, -0.15) is 0 Å². The first-order valence-corrected chi connectivity index (χ1v) is 6.00. The molecule has 0 bridgehead atoms. The molecule has 1 rings (SSSR count). The number of allylic oxidation sites excluding steroid dienone is 2. The number of hydrogen-bond acceptors (Lipinski definition) is 2. The van der Waals surface area contributed by atoms with Crippen LogP contribution in [0, 0.1) is 5.92 Å². The first kappa shape index (κ1) is 12.3. The van der Waals surface area contributed by atoms with Crippen molar-refractivity contribution in [2.24, 2.45) is 5.92 Å². The van der Waals surface area contributed by atoms with Gasteiger partial charge in [0.2, 0.25) is 0 Å². The van der Waals surface area contributed by atoms with Gasteiger partial charge in [0.05, 0.1) is 0 Å². The Kier molecular flexibility index (Phi) is 5.48. The largest absolute Gasteiger partial charge is 0.368 e. The standard InChI is InChI=1S/C13H24N2/c1-4-12-8-9-14-11-13(12)7-5-6-10-15(2)3/h8-9,11-12,14H,4-7,10H2,1-3H3. The fraction of sp³-hybridized carbons (Fsp3) is 0.692. The highest BCUT2D eigenvalue weighted by Gasteiger charge is 2.10. The molecule has 1 aliphatic heterocycles. The third-order valence-corrected chi connectivity index (χ3v) is 2.93. The Morgan fingerprint density at radius 2 is 2.13 bits per heavy atom. The van der Waals surface area contributed by atoms with Gasteiger partial charge < -0.3 is 10.2 Å². The van der Waals surface area contributed by atoms with Crippen molar-refractivity contribution < 1.29 is 0 Å². The normalized spacial score (nSPS) is 20.3. The number of dihydropyridines is 1. The highest BCUT2D eigenvalue weighted by molar-refractivity contribution is 5.17. The van der Waals surface area contributed by atoms with Gasteiger partial charge in [-0.15, -0.1) is 0 Å². The third kappa shape index (κ3) is 4.52. The van der Waals surface area contributed by atoms with Gasteiger partial charge >= 0.3 is 0 Å². The van der Waals surface area contributed by atoms with Crippen LogP contribution in [-0.4, -0.2) is 25.5 Å². The molecule has 2 heteroatoms. The van der Waals surface area contributed by atoms with Crippen LogP contribution in [-0.2, 0) is 0 Å². The average Bonchev–Trinajstić information content (AvgIpc) is 2.24. The molecule has 1 unspecified atom stereocenters. The number of rotatable bonds is 6. The van der Waals surface area contributed by atoms with E-state index in [0.717, 1.165) is 0 Å². The Morgan fingerprint density at radius 1 is 1.33 bits per heavy atom. The molecule has 1 heterocycles. The van der Waals surface area contributed by atoms with Crippen LogP contribution in [0.5, 0.6) is 0 Å². The Bertz CT molecular complexity index is 229. The first-order valence-electron chi connectivity index (χ1n) is 6.00. The van der Waals surface area contributed by atoms with Crippen LogP contribution in [0.3, 0.4) is 0 Å². The van der Waals surface area contributed by atoms with Gasteiger partial charge in [0.25, 0.3) is 0 Å². The maximum Gasteiger partial charge on any atom is 0.000882 e. The summed E-state index contributed by atoms with van der Waals surface area (Å²) in [5.41, 5.74) is 1.57. The molecule has 0 saturated heterocycles. The maximum absolute atomic E-state index is 3.20. The second-order valence-corrected chi connectivity index (χ2v) is 4.52. The van der Waals surface area contributed by atoms with E-state index < -0.39 is 0 Å². The lowest BCUT2D eigenvalue weighted by Gasteiger charge is -2.19. The summed E-state index contributed by atoms with van der Waals surface area (Å²) in [6.07, 6.45) is 11.6. The van der Waals surface area contributed by atoms with E-state index in [4.69, 9.17) is 0 Å². The molecule has 0 fully saturated rings. The minimum Gasteiger partial charge on any atom is -0.368 e. The summed E-state index contributed by atoms with van der Waals surface area (Å²) in [4.78, 5) is 2.25. The summed E-state index contributed by atoms with van der Waals surface area (Å²) in [6.45, 7) is 3.46. The van der Waals surface area contributed by atoms with Crippen LogP contribution < -0.4 is 5.32 Å². The first-order chi connectivity index (χ1) is 7.24. The second kappa shape index (κ2) is 6.67. The predicted octanol–water partition coefficient (Wildman–Crippen LogP) is 2.75. The molecule has 0 amide bonds. The smallest absolute Gasteiger partial charge is 0.000882 e. The van der Waals surface area contributed by atoms with Gasteiger partial charge in [0.15, 0.2) is 0 Å². The van der Waals surface area contributed by atoms with E-state index in [2.05, 4.69) is 49.7 Å². The number of nitrogens with zero attached hydrogens (tertiary/aromatic N) is 1. The molecule has 0 aliphatic carbocycles. The molecule has 1 N–H and O–H groups in total. The fourth-order valence-corrected chi connectivity index (χ4v) is 1.97. The van der Waals surface area contributed by atoms with E-state index in [9.17, 15) is 0 Å². The zero-order valence-corrected chi connectivity index (χ0v) is 10.3. The summed E-state index contributed by atoms with van der Waals surface area (Å²) in [7, 11) is 4.28. The van der Waals surface area contributed by atoms with Gasteiger partial charge in [0.1, 0.15) is 0 Å². The van der Waals surface area contributed by atoms with Crippen LogP contribution in [0.15, 0.2) is 24.0 Å². The summed E-state index contributed by atoms with van der Waals surface area (Å²) in [5.74, 6) is 0.672. The monoisotopic (exact) mass is 208 g/mol. The number of nitrogens with one attached hydrogen (secondary N) is 1. The Hall–Kier alpha value is -0.760. The molecule has 0 aromatic rings. The van der Waals surface area contributed by atoms with Crippen molar-refractivity contribution in [3.8, 4) is 0 Å². The van der Waals surface area contributed by atoms with Crippen LogP contribution >= 0.6 is 0 Å². The molecule has 0 aromatic heterocycles. The minimum atomic E-state index is 0.672. The summed E-state index contributed by atoms with van der Waals surface area (Å²) >= 11 is 0. The van der Waals surface area contributed by atoms with Crippen molar-refractivity contribution in [1.82, 2.24) is 10.2 Å². The van der Waals surface area contributed by atoms with Crippen LogP contribution in [0.2, 0.25) is 0 Å². The maximum atomic E-state index is 3.20. The van der Waals surface area contributed by atoms with Crippen molar-refractivity contribution in [1.29, 1.82) is 0 Å². The van der Waals surface area contributed by atoms with E-state index in [0.29, 0.717) is 5.92 Å². The zero-order valence-electron chi connectivity index (χ0n) is 10.3. The van der Waals surface area contributed by atoms with Gasteiger partial charge in [-0.3, -0.25) is 0 Å². The third-order valence-electron chi connectivity index (χ3n) is 2.93. The molecule has 86 valence electrons. The Morgan fingerprint density at radius 3 is 2.80 bits per heavy atom. The van der Waals surface area contributed by atoms with E-state index >= 15 is 0 Å². The van der Waals surface area contributed by atoms with Crippen molar-refractivity contribution in [3.63, 3.8) is 0 Å². The molecule has 0 spiro atoms. The molecule has 1 aliphatic rings. The molecular weight excluding hydrogens is 184 g/mol. The van der Waals surface area contributed by atoms with Crippen molar-refractivity contribution >= 4 is 0 Å². The van der Waals surface area contributed by atoms with E-state index in [-0.39, 0.29) is 0 Å². The summed E-state index contributed by atoms with van der Waals surface area (Å²) in [5, 5.41) is 3.20. The zero-order chi connectivity index (χ0) is 11.1. The number of unbranched alkanes of at least 4 members (excludes halogenated alkanes) is 1. The second-order valence-electron chi connectivity index (χ2n) is 4.52. The van der Waals surface area contributed by atoms with Crippen molar-refractivity contribution in [3.05, 3.63) is 24.0 Å². The van der Waals surface area contributed by atoms with Gasteiger partial charge in [-0.25, -0.2) is 0 Å². The Balaban J connectivity index is 2.22. The van der Waals surface area contributed by atoms with Crippen molar-refractivity contribution in [2.75, 3.05) is 20.6 Å². The van der Waals surface area contributed by atoms with Crippen LogP contribution in [0.4, 0.5) is 0 Å². The summed E-state index contributed by atoms with van der Waals surface area (Å²) in [6, 6.07) is 0. The van der Waals surface area contributed by atoms with E-state index in [1.54, 1.807) is 5.57 Å². The fourth-order valence-electron chi connectivity index (χ4n) is 1.97. The van der Waals surface area contributed by atoms with E-state index in [1.165, 1.54) is 32.2 Å². The molecule has 15 heavy (non-hydrogen) atoms. The van der Waals surface area contributed by atoms with Gasteiger partial charge in [-0.1, -0.05) is 13.0 Å². The molecule has 1 atom stereocenters. The van der Waals surface area contributed by atoms with Crippen LogP contribution in [0.1, 0.15) is 32.6 Å². The predicted molar refractivity (Wildman–Crippen MR) is 66.5 cm³/mol. The molecule has 2 nitrogen and oxygen atoms in total. The highest BCUT2D eigenvalue weighted by Crippen LogP contribution is 2.23.